The molecule has 3 aromatic carbocycles. The van der Waals surface area contributed by atoms with Gasteiger partial charge in [-0.25, -0.2) is 0 Å². The molecule has 0 bridgehead atoms. The van der Waals surface area contributed by atoms with Crippen LogP contribution in [0, 0.1) is 0 Å². The smallest absolute Gasteiger partial charge is 0.391 e. The summed E-state index contributed by atoms with van der Waals surface area (Å²) >= 11 is 0. The van der Waals surface area contributed by atoms with Crippen molar-refractivity contribution in [2.24, 2.45) is 0 Å². The molecule has 27 heavy (non-hydrogen) atoms. The molecule has 4 rings (SSSR count). The Morgan fingerprint density at radius 1 is 0.667 bits per heavy atom. The molecule has 0 aromatic heterocycles. The van der Waals surface area contributed by atoms with Gasteiger partial charge in [0.25, 0.3) is 0 Å². The van der Waals surface area contributed by atoms with Crippen LogP contribution in [-0.2, 0) is 0 Å². The number of anilines is 2. The standard InChI is InChI=1S/C23H26BN2P/c1-4-25-22-13-9-10-14-23(22)26(5-2)24(25)19-15-17-21(18-16-19)27(3)20-11-7-6-8-12-20/h6-18H,4-5H2,1-3H3. The lowest BCUT2D eigenvalue weighted by atomic mass is 9.65. The van der Waals surface area contributed by atoms with Crippen LogP contribution in [-0.4, -0.2) is 26.7 Å². The lowest BCUT2D eigenvalue weighted by Crippen LogP contribution is -2.56. The van der Waals surface area contributed by atoms with Gasteiger partial charge in [0.2, 0.25) is 0 Å². The number of nitrogens with zero attached hydrogens (tertiary/aromatic N) is 2. The number of hydrogen-bond donors (Lipinski definition) is 0. The Kier molecular flexibility index (Phi) is 5.23. The average molecular weight is 372 g/mol. The van der Waals surface area contributed by atoms with E-state index in [1.54, 1.807) is 0 Å². The fraction of sp³-hybridized carbons (Fsp3) is 0.217. The number of para-hydroxylation sites is 2. The van der Waals surface area contributed by atoms with Crippen molar-refractivity contribution in [1.29, 1.82) is 0 Å². The lowest BCUT2D eigenvalue weighted by molar-refractivity contribution is 1.06. The zero-order valence-electron chi connectivity index (χ0n) is 16.3. The third-order valence-corrected chi connectivity index (χ3v) is 7.64. The van der Waals surface area contributed by atoms with Crippen molar-refractivity contribution >= 4 is 42.4 Å². The summed E-state index contributed by atoms with van der Waals surface area (Å²) < 4.78 is 0. The van der Waals surface area contributed by atoms with Crippen molar-refractivity contribution in [1.82, 2.24) is 0 Å². The van der Waals surface area contributed by atoms with Crippen LogP contribution in [0.4, 0.5) is 11.4 Å². The van der Waals surface area contributed by atoms with Gasteiger partial charge in [-0.05, 0) is 56.6 Å². The Balaban J connectivity index is 1.65. The molecule has 1 aliphatic heterocycles. The Hall–Kier alpha value is -2.25. The van der Waals surface area contributed by atoms with E-state index in [2.05, 4.69) is 109 Å². The first-order valence-corrected chi connectivity index (χ1v) is 11.5. The summed E-state index contributed by atoms with van der Waals surface area (Å²) in [4.78, 5) is 5.03. The minimum absolute atomic E-state index is 0.284. The van der Waals surface area contributed by atoms with E-state index in [9.17, 15) is 0 Å². The molecule has 1 unspecified atom stereocenters. The van der Waals surface area contributed by atoms with Crippen LogP contribution >= 0.6 is 7.92 Å². The number of hydrogen-bond acceptors (Lipinski definition) is 2. The van der Waals surface area contributed by atoms with E-state index in [0.29, 0.717) is 0 Å². The fourth-order valence-electron chi connectivity index (χ4n) is 4.10. The highest BCUT2D eigenvalue weighted by molar-refractivity contribution is 7.72. The number of rotatable bonds is 5. The molecule has 0 amide bonds. The monoisotopic (exact) mass is 372 g/mol. The second-order valence-electron chi connectivity index (χ2n) is 6.92. The molecule has 3 aromatic rings. The first kappa shape index (κ1) is 18.1. The molecule has 0 spiro atoms. The predicted molar refractivity (Wildman–Crippen MR) is 123 cm³/mol. The van der Waals surface area contributed by atoms with Crippen molar-refractivity contribution in [3.8, 4) is 0 Å². The zero-order valence-corrected chi connectivity index (χ0v) is 17.2. The third kappa shape index (κ3) is 3.26. The van der Waals surface area contributed by atoms with Gasteiger partial charge < -0.3 is 9.62 Å². The molecule has 0 aliphatic carbocycles. The van der Waals surface area contributed by atoms with Gasteiger partial charge in [0, 0.05) is 24.5 Å². The van der Waals surface area contributed by atoms with Gasteiger partial charge in [-0.2, -0.15) is 0 Å². The maximum absolute atomic E-state index is 2.51. The molecule has 4 heteroatoms. The summed E-state index contributed by atoms with van der Waals surface area (Å²) in [6.07, 6.45) is 0. The highest BCUT2D eigenvalue weighted by atomic mass is 31.1. The minimum atomic E-state index is -0.299. The molecule has 1 atom stereocenters. The van der Waals surface area contributed by atoms with Crippen LogP contribution in [0.5, 0.6) is 0 Å². The van der Waals surface area contributed by atoms with Crippen molar-refractivity contribution in [3.63, 3.8) is 0 Å². The molecular formula is C23H26BN2P. The molecule has 1 heterocycles. The molecule has 1 aliphatic rings. The van der Waals surface area contributed by atoms with E-state index in [4.69, 9.17) is 0 Å². The van der Waals surface area contributed by atoms with Gasteiger partial charge in [0.05, 0.1) is 0 Å². The van der Waals surface area contributed by atoms with Gasteiger partial charge in [0.15, 0.2) is 0 Å². The molecule has 0 fully saturated rings. The normalized spacial score (nSPS) is 14.4. The van der Waals surface area contributed by atoms with E-state index < -0.39 is 0 Å². The average Bonchev–Trinajstić information content (AvgIpc) is 3.07. The van der Waals surface area contributed by atoms with Gasteiger partial charge in [-0.1, -0.05) is 66.7 Å². The summed E-state index contributed by atoms with van der Waals surface area (Å²) in [5.41, 5.74) is 4.06. The molecule has 0 radical (unpaired) electrons. The van der Waals surface area contributed by atoms with E-state index in [-0.39, 0.29) is 14.9 Å². The zero-order chi connectivity index (χ0) is 18.8. The topological polar surface area (TPSA) is 6.48 Å². The first-order valence-electron chi connectivity index (χ1n) is 9.75. The molecule has 136 valence electrons. The van der Waals surface area contributed by atoms with Crippen molar-refractivity contribution < 1.29 is 0 Å². The van der Waals surface area contributed by atoms with Crippen molar-refractivity contribution in [2.45, 2.75) is 13.8 Å². The SMILES string of the molecule is CCN1B(c2ccc(P(C)c3ccccc3)cc2)N(CC)c2ccccc21. The number of fused-ring (bicyclic) bond motifs is 1. The quantitative estimate of drug-likeness (QED) is 0.497. The van der Waals surface area contributed by atoms with E-state index in [1.165, 1.54) is 27.4 Å². The highest BCUT2D eigenvalue weighted by Gasteiger charge is 2.39. The van der Waals surface area contributed by atoms with Crippen LogP contribution < -0.4 is 25.7 Å². The molecule has 0 N–H and O–H groups in total. The van der Waals surface area contributed by atoms with Crippen LogP contribution in [0.3, 0.4) is 0 Å². The predicted octanol–water partition coefficient (Wildman–Crippen LogP) is 3.81. The van der Waals surface area contributed by atoms with Gasteiger partial charge in [-0.3, -0.25) is 0 Å². The highest BCUT2D eigenvalue weighted by Crippen LogP contribution is 2.37. The van der Waals surface area contributed by atoms with E-state index in [0.717, 1.165) is 13.1 Å². The minimum Gasteiger partial charge on any atom is -0.391 e. The van der Waals surface area contributed by atoms with Crippen LogP contribution in [0.25, 0.3) is 0 Å². The summed E-state index contributed by atoms with van der Waals surface area (Å²) in [6.45, 7) is 9.14. The second kappa shape index (κ2) is 7.78. The summed E-state index contributed by atoms with van der Waals surface area (Å²) in [5, 5.41) is 2.86. The maximum atomic E-state index is 2.51. The Bertz CT molecular complexity index is 867. The van der Waals surface area contributed by atoms with Crippen LogP contribution in [0.15, 0.2) is 78.9 Å². The molecule has 0 saturated carbocycles. The maximum Gasteiger partial charge on any atom is 0.411 e. The molecule has 0 saturated heterocycles. The van der Waals surface area contributed by atoms with Crippen molar-refractivity contribution in [3.05, 3.63) is 78.9 Å². The van der Waals surface area contributed by atoms with Crippen LogP contribution in [0.1, 0.15) is 13.8 Å². The fourth-order valence-corrected chi connectivity index (χ4v) is 5.61. The van der Waals surface area contributed by atoms with Gasteiger partial charge >= 0.3 is 6.98 Å². The molecular weight excluding hydrogens is 346 g/mol. The second-order valence-corrected chi connectivity index (χ2v) is 9.07. The third-order valence-electron chi connectivity index (χ3n) is 5.49. The van der Waals surface area contributed by atoms with E-state index in [1.807, 2.05) is 0 Å². The van der Waals surface area contributed by atoms with Gasteiger partial charge in [0.1, 0.15) is 0 Å². The Labute approximate surface area is 164 Å². The Morgan fingerprint density at radius 2 is 1.15 bits per heavy atom. The lowest BCUT2D eigenvalue weighted by Gasteiger charge is -2.28. The van der Waals surface area contributed by atoms with Crippen molar-refractivity contribution in [2.75, 3.05) is 29.4 Å². The van der Waals surface area contributed by atoms with Gasteiger partial charge in [-0.15, -0.1) is 0 Å². The summed E-state index contributed by atoms with van der Waals surface area (Å²) in [6, 6.07) is 29.0. The summed E-state index contributed by atoms with van der Waals surface area (Å²) in [5.74, 6) is 0. The first-order chi connectivity index (χ1) is 13.2. The Morgan fingerprint density at radius 3 is 1.67 bits per heavy atom. The number of benzene rings is 3. The van der Waals surface area contributed by atoms with E-state index >= 15 is 0 Å². The summed E-state index contributed by atoms with van der Waals surface area (Å²) in [7, 11) is -0.299. The largest absolute Gasteiger partial charge is 0.411 e. The van der Waals surface area contributed by atoms with Crippen LogP contribution in [0.2, 0.25) is 0 Å². The molecule has 2 nitrogen and oxygen atoms in total.